The first-order valence-electron chi connectivity index (χ1n) is 13.5. The van der Waals surface area contributed by atoms with Crippen LogP contribution in [-0.4, -0.2) is 46.5 Å². The topological polar surface area (TPSA) is 95.0 Å². The first-order chi connectivity index (χ1) is 19.7. The Morgan fingerprint density at radius 2 is 1.61 bits per heavy atom. The van der Waals surface area contributed by atoms with Gasteiger partial charge in [-0.1, -0.05) is 66.9 Å². The van der Waals surface area contributed by atoms with Crippen molar-refractivity contribution in [3.05, 3.63) is 99.8 Å². The molecule has 0 N–H and O–H groups in total. The van der Waals surface area contributed by atoms with Crippen molar-refractivity contribution < 1.29 is 28.6 Å². The Kier molecular flexibility index (Phi) is 10.4. The molecule has 216 valence electrons. The van der Waals surface area contributed by atoms with Gasteiger partial charge in [0.15, 0.2) is 12.2 Å². The van der Waals surface area contributed by atoms with Gasteiger partial charge in [-0.25, -0.2) is 4.79 Å². The van der Waals surface area contributed by atoms with Gasteiger partial charge in [-0.15, -0.1) is 0 Å². The number of ether oxygens (including phenoxy) is 3. The Hall–Kier alpha value is -3.46. The molecule has 0 aliphatic carbocycles. The van der Waals surface area contributed by atoms with Crippen LogP contribution in [0.15, 0.2) is 72.9 Å². The minimum Gasteiger partial charge on any atom is -0.464 e. The molecule has 2 heterocycles. The van der Waals surface area contributed by atoms with Gasteiger partial charge in [-0.2, -0.15) is 0 Å². The van der Waals surface area contributed by atoms with E-state index in [4.69, 9.17) is 37.4 Å². The van der Waals surface area contributed by atoms with Gasteiger partial charge in [0.05, 0.1) is 18.3 Å². The molecule has 0 bridgehead atoms. The van der Waals surface area contributed by atoms with E-state index < -0.39 is 48.2 Å². The quantitative estimate of drug-likeness (QED) is 0.248. The zero-order valence-electron chi connectivity index (χ0n) is 23.0. The van der Waals surface area contributed by atoms with Crippen LogP contribution in [0.25, 0.3) is 0 Å². The number of pyridine rings is 1. The number of carbonyl (C=O) groups excluding carboxylic acids is 3. The van der Waals surface area contributed by atoms with Gasteiger partial charge >= 0.3 is 11.9 Å². The number of nitrogens with zero attached hydrogens (tertiary/aromatic N) is 2. The lowest BCUT2D eigenvalue weighted by Crippen LogP contribution is -2.58. The highest BCUT2D eigenvalue weighted by Crippen LogP contribution is 2.46. The van der Waals surface area contributed by atoms with E-state index in [-0.39, 0.29) is 6.61 Å². The predicted molar refractivity (Wildman–Crippen MR) is 154 cm³/mol. The molecule has 1 saturated heterocycles. The largest absolute Gasteiger partial charge is 0.464 e. The lowest BCUT2D eigenvalue weighted by Gasteiger charge is -2.48. The molecule has 0 spiro atoms. The first-order valence-corrected chi connectivity index (χ1v) is 14.2. The summed E-state index contributed by atoms with van der Waals surface area (Å²) in [5.41, 5.74) is 1.75. The monoisotopic (exact) mass is 598 g/mol. The highest BCUT2D eigenvalue weighted by molar-refractivity contribution is 6.30. The molecule has 0 radical (unpaired) electrons. The van der Waals surface area contributed by atoms with Crippen LogP contribution in [-0.2, 0) is 28.6 Å². The summed E-state index contributed by atoms with van der Waals surface area (Å²) >= 11 is 12.4. The van der Waals surface area contributed by atoms with Crippen molar-refractivity contribution >= 4 is 41.0 Å². The number of amides is 1. The average molecular weight is 600 g/mol. The molecule has 10 heteroatoms. The predicted octanol–water partition coefficient (Wildman–Crippen LogP) is 6.43. The zero-order valence-corrected chi connectivity index (χ0v) is 24.5. The SMILES string of the molecule is CCC[C@@H](C(=O)OCC)N1C(=O)[C@@H]([C@@H](OC(C)=O)c2ccccn2)O[C@H](c2ccc(Cl)cc2)[C@@H]1c1ccc(Cl)cc1. The van der Waals surface area contributed by atoms with E-state index in [0.717, 1.165) is 0 Å². The minimum atomic E-state index is -1.31. The van der Waals surface area contributed by atoms with Gasteiger partial charge in [0.2, 0.25) is 0 Å². The zero-order chi connectivity index (χ0) is 29.5. The van der Waals surface area contributed by atoms with Crippen molar-refractivity contribution in [3.8, 4) is 0 Å². The third kappa shape index (κ3) is 7.07. The summed E-state index contributed by atoms with van der Waals surface area (Å²) in [5.74, 6) is -1.67. The van der Waals surface area contributed by atoms with Crippen molar-refractivity contribution in [2.75, 3.05) is 6.61 Å². The van der Waals surface area contributed by atoms with Crippen LogP contribution in [0.5, 0.6) is 0 Å². The van der Waals surface area contributed by atoms with Crippen LogP contribution in [0.1, 0.15) is 68.7 Å². The second-order valence-corrected chi connectivity index (χ2v) is 10.5. The summed E-state index contributed by atoms with van der Waals surface area (Å²) in [6.45, 7) is 5.05. The second kappa shape index (κ2) is 13.9. The molecule has 41 heavy (non-hydrogen) atoms. The molecule has 1 fully saturated rings. The van der Waals surface area contributed by atoms with E-state index >= 15 is 0 Å². The Bertz CT molecular complexity index is 1340. The maximum Gasteiger partial charge on any atom is 0.328 e. The molecule has 1 aromatic heterocycles. The van der Waals surface area contributed by atoms with E-state index in [2.05, 4.69) is 4.98 Å². The normalized spacial score (nSPS) is 20.3. The number of esters is 2. The maximum absolute atomic E-state index is 14.6. The molecule has 1 amide bonds. The standard InChI is InChI=1S/C31H32Cl2N2O6/c1-4-8-25(31(38)39-5-2)35-26(20-10-14-22(32)15-11-20)27(21-12-16-23(33)17-13-21)41-29(30(35)37)28(40-19(3)36)24-9-6-7-18-34-24/h6-7,9-18,25-29H,4-5,8H2,1-3H3/t25-,26-,27+,28-,29+/m0/s1. The van der Waals surface area contributed by atoms with Gasteiger partial charge < -0.3 is 19.1 Å². The number of hydrogen-bond donors (Lipinski definition) is 0. The van der Waals surface area contributed by atoms with Crippen molar-refractivity contribution in [2.24, 2.45) is 0 Å². The van der Waals surface area contributed by atoms with Gasteiger partial charge in [0.1, 0.15) is 12.1 Å². The number of morpholine rings is 1. The number of aromatic nitrogens is 1. The average Bonchev–Trinajstić information content (AvgIpc) is 2.96. The molecule has 0 unspecified atom stereocenters. The molecular weight excluding hydrogens is 567 g/mol. The van der Waals surface area contributed by atoms with E-state index in [1.807, 2.05) is 19.1 Å². The summed E-state index contributed by atoms with van der Waals surface area (Å²) in [6, 6.07) is 17.5. The molecule has 1 aliphatic rings. The maximum atomic E-state index is 14.6. The summed E-state index contributed by atoms with van der Waals surface area (Å²) in [6.07, 6.45) is -0.780. The fraction of sp³-hybridized carbons (Fsp3) is 0.355. The van der Waals surface area contributed by atoms with Gasteiger partial charge in [-0.3, -0.25) is 14.6 Å². The van der Waals surface area contributed by atoms with Gasteiger partial charge in [-0.05, 0) is 60.9 Å². The second-order valence-electron chi connectivity index (χ2n) is 9.61. The van der Waals surface area contributed by atoms with Gasteiger partial charge in [0, 0.05) is 23.2 Å². The molecule has 3 aromatic rings. The lowest BCUT2D eigenvalue weighted by atomic mass is 9.88. The van der Waals surface area contributed by atoms with E-state index in [1.165, 1.54) is 11.8 Å². The van der Waals surface area contributed by atoms with Crippen LogP contribution in [0.3, 0.4) is 0 Å². The highest BCUT2D eigenvalue weighted by Gasteiger charge is 2.52. The third-order valence-electron chi connectivity index (χ3n) is 6.79. The Labute approximate surface area is 249 Å². The van der Waals surface area contributed by atoms with E-state index in [0.29, 0.717) is 39.7 Å². The van der Waals surface area contributed by atoms with Crippen molar-refractivity contribution in [3.63, 3.8) is 0 Å². The summed E-state index contributed by atoms with van der Waals surface area (Å²) in [4.78, 5) is 46.1. The summed E-state index contributed by atoms with van der Waals surface area (Å²) < 4.78 is 17.7. The number of rotatable bonds is 10. The lowest BCUT2D eigenvalue weighted by molar-refractivity contribution is -0.203. The number of hydrogen-bond acceptors (Lipinski definition) is 7. The van der Waals surface area contributed by atoms with Crippen molar-refractivity contribution in [2.45, 2.75) is 64.0 Å². The molecule has 2 aromatic carbocycles. The number of benzene rings is 2. The molecule has 8 nitrogen and oxygen atoms in total. The number of halogens is 2. The smallest absolute Gasteiger partial charge is 0.328 e. The van der Waals surface area contributed by atoms with Crippen molar-refractivity contribution in [1.29, 1.82) is 0 Å². The molecule has 0 saturated carbocycles. The summed E-state index contributed by atoms with van der Waals surface area (Å²) in [7, 11) is 0. The fourth-order valence-corrected chi connectivity index (χ4v) is 5.31. The van der Waals surface area contributed by atoms with E-state index in [9.17, 15) is 14.4 Å². The Morgan fingerprint density at radius 1 is 0.976 bits per heavy atom. The van der Waals surface area contributed by atoms with E-state index in [1.54, 1.807) is 67.7 Å². The minimum absolute atomic E-state index is 0.150. The first kappa shape index (κ1) is 30.5. The summed E-state index contributed by atoms with van der Waals surface area (Å²) in [5, 5.41) is 1.04. The van der Waals surface area contributed by atoms with Crippen LogP contribution in [0, 0.1) is 0 Å². The third-order valence-corrected chi connectivity index (χ3v) is 7.30. The van der Waals surface area contributed by atoms with Crippen LogP contribution in [0.2, 0.25) is 10.0 Å². The Balaban J connectivity index is 1.94. The molecule has 4 rings (SSSR count). The molecule has 1 aliphatic heterocycles. The highest BCUT2D eigenvalue weighted by atomic mass is 35.5. The van der Waals surface area contributed by atoms with Crippen molar-refractivity contribution in [1.82, 2.24) is 9.88 Å². The number of carbonyl (C=O) groups is 3. The van der Waals surface area contributed by atoms with Crippen LogP contribution >= 0.6 is 23.2 Å². The molecular formula is C31H32Cl2N2O6. The fourth-order valence-electron chi connectivity index (χ4n) is 5.06. The van der Waals surface area contributed by atoms with Gasteiger partial charge in [0.25, 0.3) is 5.91 Å². The molecule has 5 atom stereocenters. The van der Waals surface area contributed by atoms with Crippen LogP contribution < -0.4 is 0 Å². The Morgan fingerprint density at radius 3 is 2.15 bits per heavy atom. The van der Waals surface area contributed by atoms with Crippen LogP contribution in [0.4, 0.5) is 0 Å².